The lowest BCUT2D eigenvalue weighted by Gasteiger charge is -2.13. The van der Waals surface area contributed by atoms with Crippen LogP contribution >= 0.6 is 0 Å². The van der Waals surface area contributed by atoms with E-state index >= 15 is 0 Å². The minimum Gasteiger partial charge on any atom is -0.494 e. The van der Waals surface area contributed by atoms with E-state index < -0.39 is 0 Å². The summed E-state index contributed by atoms with van der Waals surface area (Å²) in [6.07, 6.45) is 3.74. The monoisotopic (exact) mass is 452 g/mol. The molecule has 0 aliphatic carbocycles. The Morgan fingerprint density at radius 1 is 1.06 bits per heavy atom. The van der Waals surface area contributed by atoms with Crippen molar-refractivity contribution >= 4 is 44.9 Å². The molecule has 0 aliphatic heterocycles. The van der Waals surface area contributed by atoms with Crippen LogP contribution in [0.25, 0.3) is 21.8 Å². The Kier molecular flexibility index (Phi) is 5.78. The van der Waals surface area contributed by atoms with Gasteiger partial charge in [-0.2, -0.15) is 5.10 Å². The number of aromatic nitrogens is 4. The van der Waals surface area contributed by atoms with Crippen molar-refractivity contribution in [2.75, 3.05) is 17.7 Å². The van der Waals surface area contributed by atoms with Crippen LogP contribution in [0.2, 0.25) is 0 Å². The Bertz CT molecular complexity index is 1480. The summed E-state index contributed by atoms with van der Waals surface area (Å²) in [5.74, 6) is 1.09. The number of carbonyl (C=O) groups is 1. The van der Waals surface area contributed by atoms with Gasteiger partial charge in [0.1, 0.15) is 17.9 Å². The fraction of sp³-hybridized carbons (Fsp3) is 0.154. The molecule has 0 fully saturated rings. The lowest BCUT2D eigenvalue weighted by atomic mass is 10.1. The van der Waals surface area contributed by atoms with Gasteiger partial charge < -0.3 is 15.4 Å². The SMILES string of the molecule is CCC(=O)Nc1cc2c(Nc3ccc4c(cnn4Cc4ccccc4)c3)ncnc2cc1OC. The number of benzene rings is 3. The predicted octanol–water partition coefficient (Wildman–Crippen LogP) is 5.13. The first-order valence-electron chi connectivity index (χ1n) is 11.0. The highest BCUT2D eigenvalue weighted by Gasteiger charge is 2.13. The van der Waals surface area contributed by atoms with Gasteiger partial charge in [-0.1, -0.05) is 37.3 Å². The van der Waals surface area contributed by atoms with Gasteiger partial charge >= 0.3 is 0 Å². The van der Waals surface area contributed by atoms with E-state index in [1.807, 2.05) is 53.3 Å². The van der Waals surface area contributed by atoms with Crippen molar-refractivity contribution < 1.29 is 9.53 Å². The molecule has 0 radical (unpaired) electrons. The highest BCUT2D eigenvalue weighted by Crippen LogP contribution is 2.33. The molecule has 8 heteroatoms. The van der Waals surface area contributed by atoms with Gasteiger partial charge in [-0.25, -0.2) is 9.97 Å². The average Bonchev–Trinajstić information content (AvgIpc) is 3.26. The number of nitrogens with one attached hydrogen (secondary N) is 2. The summed E-state index contributed by atoms with van der Waals surface area (Å²) in [4.78, 5) is 20.8. The standard InChI is InChI=1S/C26H24N6O2/c1-3-25(33)31-22-12-20-21(13-24(22)34-2)27-16-28-26(20)30-19-9-10-23-18(11-19)14-29-32(23)15-17-7-5-4-6-8-17/h4-14,16H,3,15H2,1-2H3,(H,31,33)(H,27,28,30). The van der Waals surface area contributed by atoms with Crippen molar-refractivity contribution in [2.45, 2.75) is 19.9 Å². The zero-order chi connectivity index (χ0) is 23.5. The Morgan fingerprint density at radius 3 is 2.71 bits per heavy atom. The molecule has 8 nitrogen and oxygen atoms in total. The number of rotatable bonds is 7. The normalized spacial score (nSPS) is 11.0. The second-order valence-corrected chi connectivity index (χ2v) is 7.88. The van der Waals surface area contributed by atoms with Crippen molar-refractivity contribution in [1.29, 1.82) is 0 Å². The lowest BCUT2D eigenvalue weighted by molar-refractivity contribution is -0.115. The molecule has 2 aromatic heterocycles. The molecule has 3 aromatic carbocycles. The van der Waals surface area contributed by atoms with Crippen LogP contribution in [0.4, 0.5) is 17.2 Å². The van der Waals surface area contributed by atoms with Gasteiger partial charge in [-0.05, 0) is 29.8 Å². The van der Waals surface area contributed by atoms with Crippen LogP contribution in [0.15, 0.2) is 73.2 Å². The summed E-state index contributed by atoms with van der Waals surface area (Å²) in [5.41, 5.74) is 4.42. The van der Waals surface area contributed by atoms with E-state index in [-0.39, 0.29) is 5.91 Å². The second-order valence-electron chi connectivity index (χ2n) is 7.88. The van der Waals surface area contributed by atoms with Gasteiger partial charge in [0.25, 0.3) is 0 Å². The molecular weight excluding hydrogens is 428 g/mol. The summed E-state index contributed by atoms with van der Waals surface area (Å²) < 4.78 is 7.43. The van der Waals surface area contributed by atoms with Crippen LogP contribution in [-0.2, 0) is 11.3 Å². The summed E-state index contributed by atoms with van der Waals surface area (Å²) in [6, 6.07) is 20.0. The molecule has 0 unspecified atom stereocenters. The molecule has 170 valence electrons. The summed E-state index contributed by atoms with van der Waals surface area (Å²) in [5, 5.41) is 12.6. The maximum absolute atomic E-state index is 12.0. The first-order valence-corrected chi connectivity index (χ1v) is 11.0. The van der Waals surface area contributed by atoms with E-state index in [9.17, 15) is 4.79 Å². The molecule has 5 aromatic rings. The number of methoxy groups -OCH3 is 1. The Labute approximate surface area is 196 Å². The van der Waals surface area contributed by atoms with Crippen LogP contribution in [-0.4, -0.2) is 32.8 Å². The number of anilines is 3. The van der Waals surface area contributed by atoms with Crippen LogP contribution in [0, 0.1) is 0 Å². The van der Waals surface area contributed by atoms with E-state index in [1.54, 1.807) is 20.1 Å². The quantitative estimate of drug-likeness (QED) is 0.356. The second kappa shape index (κ2) is 9.19. The Balaban J connectivity index is 1.47. The first-order chi connectivity index (χ1) is 16.6. The minimum atomic E-state index is -0.0954. The Hall–Kier alpha value is -4.46. The fourth-order valence-electron chi connectivity index (χ4n) is 3.87. The molecule has 2 heterocycles. The zero-order valence-corrected chi connectivity index (χ0v) is 18.9. The molecule has 34 heavy (non-hydrogen) atoms. The van der Waals surface area contributed by atoms with Crippen molar-refractivity contribution in [3.05, 3.63) is 78.8 Å². The van der Waals surface area contributed by atoms with Crippen molar-refractivity contribution in [3.8, 4) is 5.75 Å². The maximum atomic E-state index is 12.0. The van der Waals surface area contributed by atoms with Crippen LogP contribution in [0.1, 0.15) is 18.9 Å². The molecule has 0 saturated carbocycles. The van der Waals surface area contributed by atoms with E-state index in [2.05, 4.69) is 37.8 Å². The van der Waals surface area contributed by atoms with Gasteiger partial charge in [0.15, 0.2) is 0 Å². The van der Waals surface area contributed by atoms with E-state index in [0.29, 0.717) is 35.7 Å². The van der Waals surface area contributed by atoms with E-state index in [1.165, 1.54) is 11.9 Å². The molecule has 0 aliphatic rings. The van der Waals surface area contributed by atoms with Crippen molar-refractivity contribution in [1.82, 2.24) is 19.7 Å². The number of ether oxygens (including phenoxy) is 1. The lowest BCUT2D eigenvalue weighted by Crippen LogP contribution is -2.10. The highest BCUT2D eigenvalue weighted by atomic mass is 16.5. The van der Waals surface area contributed by atoms with Crippen LogP contribution < -0.4 is 15.4 Å². The predicted molar refractivity (Wildman–Crippen MR) is 134 cm³/mol. The van der Waals surface area contributed by atoms with Gasteiger partial charge in [0, 0.05) is 28.9 Å². The maximum Gasteiger partial charge on any atom is 0.224 e. The summed E-state index contributed by atoms with van der Waals surface area (Å²) in [6.45, 7) is 2.51. The number of hydrogen-bond acceptors (Lipinski definition) is 6. The zero-order valence-electron chi connectivity index (χ0n) is 18.9. The largest absolute Gasteiger partial charge is 0.494 e. The van der Waals surface area contributed by atoms with Gasteiger partial charge in [0.05, 0.1) is 36.6 Å². The number of hydrogen-bond donors (Lipinski definition) is 2. The average molecular weight is 453 g/mol. The first kappa shape index (κ1) is 21.4. The van der Waals surface area contributed by atoms with E-state index in [4.69, 9.17) is 4.74 Å². The van der Waals surface area contributed by atoms with Crippen molar-refractivity contribution in [3.63, 3.8) is 0 Å². The molecule has 5 rings (SSSR count). The molecule has 2 N–H and O–H groups in total. The highest BCUT2D eigenvalue weighted by molar-refractivity contribution is 5.99. The molecule has 0 spiro atoms. The molecular formula is C26H24N6O2. The molecule has 0 bridgehead atoms. The molecule has 1 amide bonds. The summed E-state index contributed by atoms with van der Waals surface area (Å²) >= 11 is 0. The topological polar surface area (TPSA) is 94.0 Å². The van der Waals surface area contributed by atoms with E-state index in [0.717, 1.165) is 22.0 Å². The van der Waals surface area contributed by atoms with Gasteiger partial charge in [-0.15, -0.1) is 0 Å². The smallest absolute Gasteiger partial charge is 0.224 e. The molecule has 0 atom stereocenters. The summed E-state index contributed by atoms with van der Waals surface area (Å²) in [7, 11) is 1.57. The number of amides is 1. The molecule has 0 saturated heterocycles. The van der Waals surface area contributed by atoms with Crippen LogP contribution in [0.3, 0.4) is 0 Å². The minimum absolute atomic E-state index is 0.0954. The number of carbonyl (C=O) groups excluding carboxylic acids is 1. The Morgan fingerprint density at radius 2 is 1.91 bits per heavy atom. The third kappa shape index (κ3) is 4.25. The third-order valence-electron chi connectivity index (χ3n) is 5.63. The van der Waals surface area contributed by atoms with Crippen LogP contribution in [0.5, 0.6) is 5.75 Å². The number of fused-ring (bicyclic) bond motifs is 2. The van der Waals surface area contributed by atoms with Gasteiger partial charge in [0.2, 0.25) is 5.91 Å². The number of nitrogens with zero attached hydrogens (tertiary/aromatic N) is 4. The third-order valence-corrected chi connectivity index (χ3v) is 5.63. The van der Waals surface area contributed by atoms with Gasteiger partial charge in [-0.3, -0.25) is 9.48 Å². The van der Waals surface area contributed by atoms with Crippen molar-refractivity contribution in [2.24, 2.45) is 0 Å². The fourth-order valence-corrected chi connectivity index (χ4v) is 3.87.